The molecule has 1 rings (SSSR count). The number of hydrogen-bond donors (Lipinski definition) is 1. The van der Waals surface area contributed by atoms with Crippen LogP contribution in [0, 0.1) is 0 Å². The molecule has 5 heteroatoms. The van der Waals surface area contributed by atoms with E-state index in [1.807, 2.05) is 11.9 Å². The summed E-state index contributed by atoms with van der Waals surface area (Å²) in [6, 6.07) is 4.99. The second-order valence-corrected chi connectivity index (χ2v) is 5.17. The fourth-order valence-corrected chi connectivity index (χ4v) is 2.10. The van der Waals surface area contributed by atoms with Gasteiger partial charge in [0, 0.05) is 15.7 Å². The van der Waals surface area contributed by atoms with Crippen LogP contribution in [-0.4, -0.2) is 30.9 Å². The monoisotopic (exact) mass is 288 g/mol. The lowest BCUT2D eigenvalue weighted by atomic mass is 10.3. The van der Waals surface area contributed by atoms with E-state index in [2.05, 4.69) is 12.2 Å². The second-order valence-electron chi connectivity index (χ2n) is 4.30. The molecule has 0 spiro atoms. The Kier molecular flexibility index (Phi) is 6.47. The molecule has 1 aromatic carbocycles. The number of carbonyl (C=O) groups is 1. The van der Waals surface area contributed by atoms with Crippen LogP contribution < -0.4 is 5.32 Å². The Bertz CT molecular complexity index is 390. The molecule has 0 saturated heterocycles. The van der Waals surface area contributed by atoms with Gasteiger partial charge in [0.2, 0.25) is 5.91 Å². The Hall–Kier alpha value is -0.770. The smallest absolute Gasteiger partial charge is 0.238 e. The van der Waals surface area contributed by atoms with Gasteiger partial charge in [0.15, 0.2) is 0 Å². The molecule has 3 nitrogen and oxygen atoms in total. The van der Waals surface area contributed by atoms with Gasteiger partial charge in [-0.25, -0.2) is 0 Å². The average molecular weight is 289 g/mol. The highest BCUT2D eigenvalue weighted by molar-refractivity contribution is 6.35. The van der Waals surface area contributed by atoms with E-state index >= 15 is 0 Å². The first-order chi connectivity index (χ1) is 8.51. The number of halogens is 2. The maximum absolute atomic E-state index is 11.8. The van der Waals surface area contributed by atoms with Crippen LogP contribution in [-0.2, 0) is 4.79 Å². The summed E-state index contributed by atoms with van der Waals surface area (Å²) in [7, 11) is 1.93. The highest BCUT2D eigenvalue weighted by atomic mass is 35.5. The van der Waals surface area contributed by atoms with Crippen molar-refractivity contribution in [2.24, 2.45) is 0 Å². The molecule has 0 atom stereocenters. The number of hydrogen-bond acceptors (Lipinski definition) is 2. The number of likely N-dealkylation sites (N-methyl/N-ethyl adjacent to an activating group) is 1. The first-order valence-corrected chi connectivity index (χ1v) is 6.71. The Morgan fingerprint density at radius 1 is 1.28 bits per heavy atom. The number of nitrogens with zero attached hydrogens (tertiary/aromatic N) is 1. The van der Waals surface area contributed by atoms with Gasteiger partial charge in [-0.15, -0.1) is 0 Å². The van der Waals surface area contributed by atoms with Crippen LogP contribution in [0.3, 0.4) is 0 Å². The molecular weight excluding hydrogens is 271 g/mol. The van der Waals surface area contributed by atoms with Crippen LogP contribution in [0.15, 0.2) is 18.2 Å². The number of carbonyl (C=O) groups excluding carboxylic acids is 1. The summed E-state index contributed by atoms with van der Waals surface area (Å²) in [6.45, 7) is 3.41. The van der Waals surface area contributed by atoms with Gasteiger partial charge >= 0.3 is 0 Å². The number of amides is 1. The minimum Gasteiger partial charge on any atom is -0.325 e. The lowest BCUT2D eigenvalue weighted by Crippen LogP contribution is -2.30. The van der Waals surface area contributed by atoms with Crippen molar-refractivity contribution in [2.45, 2.75) is 19.8 Å². The van der Waals surface area contributed by atoms with Crippen molar-refractivity contribution in [1.29, 1.82) is 0 Å². The molecule has 1 N–H and O–H groups in total. The summed E-state index contributed by atoms with van der Waals surface area (Å²) >= 11 is 11.7. The first-order valence-electron chi connectivity index (χ1n) is 5.95. The highest BCUT2D eigenvalue weighted by Crippen LogP contribution is 2.22. The van der Waals surface area contributed by atoms with Gasteiger partial charge < -0.3 is 5.32 Å². The van der Waals surface area contributed by atoms with E-state index in [-0.39, 0.29) is 5.91 Å². The lowest BCUT2D eigenvalue weighted by molar-refractivity contribution is -0.117. The molecule has 1 amide bonds. The van der Waals surface area contributed by atoms with E-state index in [1.165, 1.54) is 0 Å². The van der Waals surface area contributed by atoms with Gasteiger partial charge in [-0.05, 0) is 38.2 Å². The van der Waals surface area contributed by atoms with Crippen molar-refractivity contribution in [2.75, 3.05) is 25.5 Å². The number of unbranched alkanes of at least 4 members (excludes halogenated alkanes) is 1. The molecular formula is C13H18Cl2N2O. The SMILES string of the molecule is CCCCN(C)CC(=O)Nc1cc(Cl)cc(Cl)c1. The third-order valence-corrected chi connectivity index (χ3v) is 2.89. The normalized spacial score (nSPS) is 10.7. The van der Waals surface area contributed by atoms with Gasteiger partial charge in [-0.3, -0.25) is 9.69 Å². The third-order valence-electron chi connectivity index (χ3n) is 2.45. The zero-order chi connectivity index (χ0) is 13.5. The molecule has 0 radical (unpaired) electrons. The van der Waals surface area contributed by atoms with E-state index in [9.17, 15) is 4.79 Å². The van der Waals surface area contributed by atoms with E-state index in [0.29, 0.717) is 22.3 Å². The molecule has 18 heavy (non-hydrogen) atoms. The summed E-state index contributed by atoms with van der Waals surface area (Å²) in [5.41, 5.74) is 0.626. The molecule has 0 bridgehead atoms. The predicted octanol–water partition coefficient (Wildman–Crippen LogP) is 3.66. The van der Waals surface area contributed by atoms with Crippen LogP contribution in [0.4, 0.5) is 5.69 Å². The summed E-state index contributed by atoms with van der Waals surface area (Å²) in [5, 5.41) is 3.80. The number of rotatable bonds is 6. The molecule has 100 valence electrons. The maximum atomic E-state index is 11.8. The zero-order valence-corrected chi connectivity index (χ0v) is 12.2. The quantitative estimate of drug-likeness (QED) is 0.866. The van der Waals surface area contributed by atoms with Gasteiger partial charge in [-0.2, -0.15) is 0 Å². The fraction of sp³-hybridized carbons (Fsp3) is 0.462. The standard InChI is InChI=1S/C13H18Cl2N2O/c1-3-4-5-17(2)9-13(18)16-12-7-10(14)6-11(15)8-12/h6-8H,3-5,9H2,1-2H3,(H,16,18). The van der Waals surface area contributed by atoms with Gasteiger partial charge in [0.1, 0.15) is 0 Å². The minimum absolute atomic E-state index is 0.0630. The summed E-state index contributed by atoms with van der Waals surface area (Å²) in [6.07, 6.45) is 2.21. The second kappa shape index (κ2) is 7.62. The first kappa shape index (κ1) is 15.3. The summed E-state index contributed by atoms with van der Waals surface area (Å²) in [5.74, 6) is -0.0630. The van der Waals surface area contributed by atoms with Crippen molar-refractivity contribution in [3.05, 3.63) is 28.2 Å². The van der Waals surface area contributed by atoms with E-state index in [1.54, 1.807) is 18.2 Å². The predicted molar refractivity (Wildman–Crippen MR) is 77.5 cm³/mol. The zero-order valence-electron chi connectivity index (χ0n) is 10.7. The molecule has 0 fully saturated rings. The molecule has 0 saturated carbocycles. The van der Waals surface area contributed by atoms with Crippen molar-refractivity contribution >= 4 is 34.8 Å². The summed E-state index contributed by atoms with van der Waals surface area (Å²) in [4.78, 5) is 13.8. The van der Waals surface area contributed by atoms with Crippen LogP contribution in [0.2, 0.25) is 10.0 Å². The van der Waals surface area contributed by atoms with E-state index in [4.69, 9.17) is 23.2 Å². The van der Waals surface area contributed by atoms with Crippen molar-refractivity contribution < 1.29 is 4.79 Å². The highest BCUT2D eigenvalue weighted by Gasteiger charge is 2.07. The lowest BCUT2D eigenvalue weighted by Gasteiger charge is -2.15. The van der Waals surface area contributed by atoms with E-state index in [0.717, 1.165) is 19.4 Å². The molecule has 0 aliphatic carbocycles. The van der Waals surface area contributed by atoms with Crippen LogP contribution >= 0.6 is 23.2 Å². The van der Waals surface area contributed by atoms with Crippen molar-refractivity contribution in [3.63, 3.8) is 0 Å². The van der Waals surface area contributed by atoms with Crippen LogP contribution in [0.1, 0.15) is 19.8 Å². The van der Waals surface area contributed by atoms with Crippen molar-refractivity contribution in [1.82, 2.24) is 4.90 Å². The molecule has 1 aromatic rings. The molecule has 0 aliphatic heterocycles. The topological polar surface area (TPSA) is 32.3 Å². The number of nitrogens with one attached hydrogen (secondary N) is 1. The Morgan fingerprint density at radius 2 is 1.89 bits per heavy atom. The molecule has 0 aromatic heterocycles. The van der Waals surface area contributed by atoms with E-state index < -0.39 is 0 Å². The third kappa shape index (κ3) is 5.71. The number of benzene rings is 1. The van der Waals surface area contributed by atoms with Crippen molar-refractivity contribution in [3.8, 4) is 0 Å². The molecule has 0 heterocycles. The summed E-state index contributed by atoms with van der Waals surface area (Å²) < 4.78 is 0. The molecule has 0 aliphatic rings. The van der Waals surface area contributed by atoms with Crippen LogP contribution in [0.5, 0.6) is 0 Å². The number of anilines is 1. The average Bonchev–Trinajstić information content (AvgIpc) is 2.24. The maximum Gasteiger partial charge on any atom is 0.238 e. The van der Waals surface area contributed by atoms with Gasteiger partial charge in [0.25, 0.3) is 0 Å². The fourth-order valence-electron chi connectivity index (χ4n) is 1.58. The van der Waals surface area contributed by atoms with Gasteiger partial charge in [-0.1, -0.05) is 36.5 Å². The Labute approximate surface area is 118 Å². The largest absolute Gasteiger partial charge is 0.325 e. The Balaban J connectivity index is 2.48. The minimum atomic E-state index is -0.0630. The van der Waals surface area contributed by atoms with Gasteiger partial charge in [0.05, 0.1) is 6.54 Å². The Morgan fingerprint density at radius 3 is 2.44 bits per heavy atom. The van der Waals surface area contributed by atoms with Crippen LogP contribution in [0.25, 0.3) is 0 Å². The molecule has 0 unspecified atom stereocenters.